The van der Waals surface area contributed by atoms with Crippen LogP contribution in [0.2, 0.25) is 0 Å². The van der Waals surface area contributed by atoms with Crippen molar-refractivity contribution < 1.29 is 9.53 Å². The highest BCUT2D eigenvalue weighted by Gasteiger charge is 2.09. The molecule has 0 saturated carbocycles. The van der Waals surface area contributed by atoms with Crippen molar-refractivity contribution in [2.24, 2.45) is 0 Å². The number of carbonyl (C=O) groups is 1. The van der Waals surface area contributed by atoms with Gasteiger partial charge in [0.25, 0.3) is 0 Å². The number of amides is 1. The maximum absolute atomic E-state index is 11.8. The highest BCUT2D eigenvalue weighted by molar-refractivity contribution is 5.76. The van der Waals surface area contributed by atoms with Crippen LogP contribution in [0, 0.1) is 6.92 Å². The molecule has 1 amide bonds. The number of hydrogen-bond acceptors (Lipinski definition) is 3. The number of ether oxygens (including phenoxy) is 1. The molecule has 21 heavy (non-hydrogen) atoms. The molecule has 0 aliphatic rings. The Kier molecular flexibility index (Phi) is 5.37. The first-order chi connectivity index (χ1) is 10.1. The second kappa shape index (κ2) is 7.47. The van der Waals surface area contributed by atoms with Gasteiger partial charge in [-0.2, -0.15) is 5.10 Å². The Bertz CT molecular complexity index is 549. The van der Waals surface area contributed by atoms with Crippen molar-refractivity contribution in [1.29, 1.82) is 0 Å². The van der Waals surface area contributed by atoms with Crippen LogP contribution in [-0.4, -0.2) is 22.7 Å². The molecule has 0 saturated heterocycles. The largest absolute Gasteiger partial charge is 0.494 e. The van der Waals surface area contributed by atoms with E-state index < -0.39 is 0 Å². The Balaban J connectivity index is 1.64. The summed E-state index contributed by atoms with van der Waals surface area (Å²) in [6.07, 6.45) is 4.64. The van der Waals surface area contributed by atoms with Crippen molar-refractivity contribution in [3.05, 3.63) is 47.8 Å². The molecule has 2 aromatic rings. The average Bonchev–Trinajstić information content (AvgIpc) is 3.00. The van der Waals surface area contributed by atoms with E-state index in [0.717, 1.165) is 11.3 Å². The molecule has 5 heteroatoms. The maximum atomic E-state index is 11.8. The quantitative estimate of drug-likeness (QED) is 0.769. The van der Waals surface area contributed by atoms with Gasteiger partial charge < -0.3 is 10.1 Å². The number of rotatable bonds is 7. The van der Waals surface area contributed by atoms with Gasteiger partial charge in [0.05, 0.1) is 18.8 Å². The van der Waals surface area contributed by atoms with E-state index >= 15 is 0 Å². The zero-order valence-corrected chi connectivity index (χ0v) is 12.4. The van der Waals surface area contributed by atoms with Crippen molar-refractivity contribution in [2.75, 3.05) is 6.61 Å². The Labute approximate surface area is 124 Å². The fraction of sp³-hybridized carbons (Fsp3) is 0.375. The third-order valence-corrected chi connectivity index (χ3v) is 3.23. The number of nitrogens with zero attached hydrogens (tertiary/aromatic N) is 1. The molecule has 1 aromatic carbocycles. The van der Waals surface area contributed by atoms with Crippen molar-refractivity contribution in [3.63, 3.8) is 0 Å². The second-order valence-corrected chi connectivity index (χ2v) is 5.09. The molecule has 0 fully saturated rings. The average molecular weight is 287 g/mol. The maximum Gasteiger partial charge on any atom is 0.220 e. The summed E-state index contributed by atoms with van der Waals surface area (Å²) in [6, 6.07) is 7.87. The Morgan fingerprint density at radius 1 is 1.38 bits per heavy atom. The van der Waals surface area contributed by atoms with Crippen molar-refractivity contribution >= 4 is 5.91 Å². The third kappa shape index (κ3) is 4.95. The van der Waals surface area contributed by atoms with Crippen LogP contribution < -0.4 is 10.1 Å². The SMILES string of the molecule is Cc1ccc(OCCCC(=O)NC(C)c2cn[nH]c2)cc1. The molecule has 0 radical (unpaired) electrons. The summed E-state index contributed by atoms with van der Waals surface area (Å²) in [5.41, 5.74) is 2.18. The van der Waals surface area contributed by atoms with E-state index in [0.29, 0.717) is 19.4 Å². The predicted octanol–water partition coefficient (Wildman–Crippen LogP) is 2.75. The fourth-order valence-corrected chi connectivity index (χ4v) is 1.95. The van der Waals surface area contributed by atoms with E-state index in [9.17, 15) is 4.79 Å². The van der Waals surface area contributed by atoms with E-state index in [4.69, 9.17) is 4.74 Å². The van der Waals surface area contributed by atoms with E-state index in [1.165, 1.54) is 5.56 Å². The third-order valence-electron chi connectivity index (χ3n) is 3.23. The molecular formula is C16H21N3O2. The molecule has 0 spiro atoms. The topological polar surface area (TPSA) is 67.0 Å². The lowest BCUT2D eigenvalue weighted by Gasteiger charge is -2.12. The monoisotopic (exact) mass is 287 g/mol. The van der Waals surface area contributed by atoms with Gasteiger partial charge in [0, 0.05) is 18.2 Å². The van der Waals surface area contributed by atoms with E-state index in [2.05, 4.69) is 15.5 Å². The van der Waals surface area contributed by atoms with Crippen molar-refractivity contribution in [2.45, 2.75) is 32.7 Å². The van der Waals surface area contributed by atoms with Gasteiger partial charge in [0.2, 0.25) is 5.91 Å². The molecule has 112 valence electrons. The minimum atomic E-state index is -0.0331. The number of aromatic nitrogens is 2. The molecule has 0 bridgehead atoms. The number of carbonyl (C=O) groups excluding carboxylic acids is 1. The lowest BCUT2D eigenvalue weighted by molar-refractivity contribution is -0.121. The highest BCUT2D eigenvalue weighted by Crippen LogP contribution is 2.12. The summed E-state index contributed by atoms with van der Waals surface area (Å²) in [6.45, 7) is 4.51. The summed E-state index contributed by atoms with van der Waals surface area (Å²) in [5, 5.41) is 9.54. The number of aryl methyl sites for hydroxylation is 1. The first-order valence-corrected chi connectivity index (χ1v) is 7.12. The van der Waals surface area contributed by atoms with Gasteiger partial charge in [-0.15, -0.1) is 0 Å². The van der Waals surface area contributed by atoms with E-state index in [1.54, 1.807) is 12.4 Å². The Hall–Kier alpha value is -2.30. The lowest BCUT2D eigenvalue weighted by atomic mass is 10.2. The molecule has 0 aliphatic heterocycles. The van der Waals surface area contributed by atoms with Crippen LogP contribution >= 0.6 is 0 Å². The second-order valence-electron chi connectivity index (χ2n) is 5.09. The first kappa shape index (κ1) is 15.1. The number of aromatic amines is 1. The molecule has 1 aromatic heterocycles. The number of benzene rings is 1. The minimum absolute atomic E-state index is 0.0243. The molecule has 2 rings (SSSR count). The Morgan fingerprint density at radius 2 is 2.14 bits per heavy atom. The van der Waals surface area contributed by atoms with Gasteiger partial charge in [0.1, 0.15) is 5.75 Å². The normalized spacial score (nSPS) is 11.9. The van der Waals surface area contributed by atoms with Crippen LogP contribution in [-0.2, 0) is 4.79 Å². The zero-order valence-electron chi connectivity index (χ0n) is 12.4. The van der Waals surface area contributed by atoms with Gasteiger partial charge in [0.15, 0.2) is 0 Å². The first-order valence-electron chi connectivity index (χ1n) is 7.12. The summed E-state index contributed by atoms with van der Waals surface area (Å²) < 4.78 is 5.59. The van der Waals surface area contributed by atoms with Crippen LogP contribution in [0.1, 0.15) is 36.9 Å². The standard InChI is InChI=1S/C16H21N3O2/c1-12-5-7-15(8-6-12)21-9-3-4-16(20)19-13(2)14-10-17-18-11-14/h5-8,10-11,13H,3-4,9H2,1-2H3,(H,17,18)(H,19,20). The van der Waals surface area contributed by atoms with Crippen molar-refractivity contribution in [3.8, 4) is 5.75 Å². The van der Waals surface area contributed by atoms with Gasteiger partial charge in [-0.3, -0.25) is 9.89 Å². The van der Waals surface area contributed by atoms with Gasteiger partial charge in [-0.1, -0.05) is 17.7 Å². The molecular weight excluding hydrogens is 266 g/mol. The smallest absolute Gasteiger partial charge is 0.220 e. The predicted molar refractivity (Wildman–Crippen MR) is 81.1 cm³/mol. The lowest BCUT2D eigenvalue weighted by Crippen LogP contribution is -2.26. The number of H-pyrrole nitrogens is 1. The van der Waals surface area contributed by atoms with Crippen LogP contribution in [0.15, 0.2) is 36.7 Å². The van der Waals surface area contributed by atoms with Gasteiger partial charge in [-0.05, 0) is 32.4 Å². The van der Waals surface area contributed by atoms with E-state index in [1.807, 2.05) is 38.1 Å². The molecule has 1 unspecified atom stereocenters. The summed E-state index contributed by atoms with van der Waals surface area (Å²) in [4.78, 5) is 11.8. The van der Waals surface area contributed by atoms with Gasteiger partial charge in [-0.25, -0.2) is 0 Å². The van der Waals surface area contributed by atoms with E-state index in [-0.39, 0.29) is 11.9 Å². The van der Waals surface area contributed by atoms with Crippen LogP contribution in [0.25, 0.3) is 0 Å². The zero-order chi connectivity index (χ0) is 15.1. The van der Waals surface area contributed by atoms with Gasteiger partial charge >= 0.3 is 0 Å². The molecule has 2 N–H and O–H groups in total. The highest BCUT2D eigenvalue weighted by atomic mass is 16.5. The fourth-order valence-electron chi connectivity index (χ4n) is 1.95. The summed E-state index contributed by atoms with van der Waals surface area (Å²) in [5.74, 6) is 0.865. The van der Waals surface area contributed by atoms with Crippen LogP contribution in [0.4, 0.5) is 0 Å². The van der Waals surface area contributed by atoms with Crippen LogP contribution in [0.3, 0.4) is 0 Å². The number of hydrogen-bond donors (Lipinski definition) is 2. The number of nitrogens with one attached hydrogen (secondary N) is 2. The molecule has 5 nitrogen and oxygen atoms in total. The summed E-state index contributed by atoms with van der Waals surface area (Å²) >= 11 is 0. The summed E-state index contributed by atoms with van der Waals surface area (Å²) in [7, 11) is 0. The Morgan fingerprint density at radius 3 is 2.81 bits per heavy atom. The molecule has 1 heterocycles. The van der Waals surface area contributed by atoms with Crippen molar-refractivity contribution in [1.82, 2.24) is 15.5 Å². The molecule has 0 aliphatic carbocycles. The minimum Gasteiger partial charge on any atom is -0.494 e. The van der Waals surface area contributed by atoms with Crippen LogP contribution in [0.5, 0.6) is 5.75 Å². The molecule has 1 atom stereocenters.